The average molecular weight is 415 g/mol. The van der Waals surface area contributed by atoms with Crippen LogP contribution in [0.5, 0.6) is 0 Å². The van der Waals surface area contributed by atoms with Crippen LogP contribution in [0.2, 0.25) is 0 Å². The monoisotopic (exact) mass is 415 g/mol. The summed E-state index contributed by atoms with van der Waals surface area (Å²) in [6, 6.07) is 6.20. The molecule has 0 unspecified atom stereocenters. The van der Waals surface area contributed by atoms with E-state index in [0.29, 0.717) is 5.56 Å². The van der Waals surface area contributed by atoms with E-state index >= 15 is 0 Å². The molecule has 1 aromatic carbocycles. The van der Waals surface area contributed by atoms with E-state index in [2.05, 4.69) is 5.10 Å². The highest BCUT2D eigenvalue weighted by molar-refractivity contribution is 5.68. The Bertz CT molecular complexity index is 1210. The van der Waals surface area contributed by atoms with Gasteiger partial charge in [-0.3, -0.25) is 28.7 Å². The van der Waals surface area contributed by atoms with E-state index in [9.17, 15) is 24.1 Å². The third kappa shape index (κ3) is 3.93. The van der Waals surface area contributed by atoms with Gasteiger partial charge in [-0.1, -0.05) is 32.0 Å². The largest absolute Gasteiger partial charge is 0.358 e. The molecule has 0 N–H and O–H groups in total. The molecule has 9 nitrogen and oxygen atoms in total. The van der Waals surface area contributed by atoms with Crippen molar-refractivity contribution in [3.05, 3.63) is 79.0 Å². The van der Waals surface area contributed by atoms with Crippen LogP contribution in [0.4, 0.5) is 10.1 Å². The van der Waals surface area contributed by atoms with Gasteiger partial charge in [-0.25, -0.2) is 9.18 Å². The summed E-state index contributed by atoms with van der Waals surface area (Å²) in [5.74, 6) is -0.403. The van der Waals surface area contributed by atoms with Crippen molar-refractivity contribution in [2.75, 3.05) is 0 Å². The summed E-state index contributed by atoms with van der Waals surface area (Å²) in [6.07, 6.45) is 2.82. The predicted molar refractivity (Wildman–Crippen MR) is 109 cm³/mol. The number of halogens is 1. The van der Waals surface area contributed by atoms with Gasteiger partial charge < -0.3 is 0 Å². The zero-order chi connectivity index (χ0) is 22.0. The van der Waals surface area contributed by atoms with Crippen LogP contribution in [-0.2, 0) is 19.6 Å². The highest BCUT2D eigenvalue weighted by Crippen LogP contribution is 2.26. The lowest BCUT2D eigenvalue weighted by Gasteiger charge is -2.16. The molecule has 2 aromatic heterocycles. The zero-order valence-corrected chi connectivity index (χ0v) is 16.9. The summed E-state index contributed by atoms with van der Waals surface area (Å²) in [4.78, 5) is 36.6. The van der Waals surface area contributed by atoms with Crippen molar-refractivity contribution in [2.24, 2.45) is 5.92 Å². The van der Waals surface area contributed by atoms with Crippen LogP contribution in [0.15, 0.2) is 46.2 Å². The van der Waals surface area contributed by atoms with Crippen LogP contribution in [0.3, 0.4) is 0 Å². The van der Waals surface area contributed by atoms with Crippen molar-refractivity contribution >= 4 is 5.69 Å². The Labute approximate surface area is 171 Å². The Morgan fingerprint density at radius 1 is 1.20 bits per heavy atom. The molecule has 3 aromatic rings. The summed E-state index contributed by atoms with van der Waals surface area (Å²) in [5, 5.41) is 15.9. The summed E-state index contributed by atoms with van der Waals surface area (Å²) in [6.45, 7) is 5.62. The first kappa shape index (κ1) is 21.2. The van der Waals surface area contributed by atoms with Gasteiger partial charge in [0, 0.05) is 30.4 Å². The Hall–Kier alpha value is -3.56. The molecule has 0 aliphatic rings. The molecule has 0 aliphatic heterocycles. The number of hydrogen-bond acceptors (Lipinski definition) is 5. The fourth-order valence-electron chi connectivity index (χ4n) is 3.33. The highest BCUT2D eigenvalue weighted by Gasteiger charge is 2.29. The fourth-order valence-corrected chi connectivity index (χ4v) is 3.33. The first-order valence-corrected chi connectivity index (χ1v) is 9.52. The molecule has 30 heavy (non-hydrogen) atoms. The molecule has 3 rings (SSSR count). The van der Waals surface area contributed by atoms with Crippen molar-refractivity contribution < 1.29 is 9.31 Å². The van der Waals surface area contributed by atoms with Crippen LogP contribution in [-0.4, -0.2) is 23.8 Å². The number of nitrogens with zero attached hydrogens (tertiary/aromatic N) is 5. The van der Waals surface area contributed by atoms with Gasteiger partial charge >= 0.3 is 16.9 Å². The van der Waals surface area contributed by atoms with E-state index in [0.717, 1.165) is 4.57 Å². The number of aromatic nitrogens is 4. The first-order valence-electron chi connectivity index (χ1n) is 9.52. The molecule has 0 fully saturated rings. The molecular weight excluding hydrogens is 393 g/mol. The standard InChI is InChI=1S/C20H22FN5O4/c1-4-24-19(27)18(26(29)30)17(25(20(24)28)10-13(2)3)15-9-22-23(12-15)11-14-7-5-6-8-16(14)21/h5-9,12-13H,4,10-11H2,1-3H3. The van der Waals surface area contributed by atoms with Crippen molar-refractivity contribution in [1.82, 2.24) is 18.9 Å². The Morgan fingerprint density at radius 2 is 1.90 bits per heavy atom. The summed E-state index contributed by atoms with van der Waals surface area (Å²) >= 11 is 0. The summed E-state index contributed by atoms with van der Waals surface area (Å²) < 4.78 is 17.5. The second-order valence-electron chi connectivity index (χ2n) is 7.31. The maximum absolute atomic E-state index is 14.0. The normalized spacial score (nSPS) is 11.2. The molecule has 158 valence electrons. The topological polar surface area (TPSA) is 105 Å². The van der Waals surface area contributed by atoms with Crippen LogP contribution < -0.4 is 11.2 Å². The lowest BCUT2D eigenvalue weighted by Crippen LogP contribution is -2.42. The second-order valence-corrected chi connectivity index (χ2v) is 7.31. The fraction of sp³-hybridized carbons (Fsp3) is 0.350. The van der Waals surface area contributed by atoms with Gasteiger partial charge in [0.15, 0.2) is 0 Å². The van der Waals surface area contributed by atoms with Gasteiger partial charge in [-0.2, -0.15) is 5.10 Å². The Kier molecular flexibility index (Phi) is 5.95. The van der Waals surface area contributed by atoms with Gasteiger partial charge in [0.05, 0.1) is 17.7 Å². The van der Waals surface area contributed by atoms with Crippen LogP contribution in [0.25, 0.3) is 11.3 Å². The maximum Gasteiger partial charge on any atom is 0.358 e. The summed E-state index contributed by atoms with van der Waals surface area (Å²) in [7, 11) is 0. The molecule has 0 saturated carbocycles. The third-order valence-corrected chi connectivity index (χ3v) is 4.65. The van der Waals surface area contributed by atoms with Crippen LogP contribution >= 0.6 is 0 Å². The highest BCUT2D eigenvalue weighted by atomic mass is 19.1. The SMILES string of the molecule is CCn1c(=O)c([N+](=O)[O-])c(-c2cnn(Cc3ccccc3F)c2)n(CC(C)C)c1=O. The minimum atomic E-state index is -0.954. The van der Waals surface area contributed by atoms with E-state index in [1.54, 1.807) is 25.1 Å². The lowest BCUT2D eigenvalue weighted by atomic mass is 10.1. The number of rotatable bonds is 7. The van der Waals surface area contributed by atoms with E-state index < -0.39 is 27.7 Å². The van der Waals surface area contributed by atoms with Gasteiger partial charge in [0.25, 0.3) is 0 Å². The van der Waals surface area contributed by atoms with E-state index in [-0.39, 0.29) is 36.8 Å². The molecule has 2 heterocycles. The maximum atomic E-state index is 14.0. The Balaban J connectivity index is 2.21. The molecule has 0 radical (unpaired) electrons. The van der Waals surface area contributed by atoms with Crippen molar-refractivity contribution in [3.63, 3.8) is 0 Å². The second kappa shape index (κ2) is 8.44. The molecule has 10 heteroatoms. The number of benzene rings is 1. The Morgan fingerprint density at radius 3 is 2.50 bits per heavy atom. The van der Waals surface area contributed by atoms with Crippen LogP contribution in [0, 0.1) is 21.8 Å². The summed E-state index contributed by atoms with van der Waals surface area (Å²) in [5.41, 5.74) is -1.70. The average Bonchev–Trinajstić information content (AvgIpc) is 3.13. The zero-order valence-electron chi connectivity index (χ0n) is 16.9. The minimum Gasteiger partial charge on any atom is -0.287 e. The molecule has 0 aliphatic carbocycles. The van der Waals surface area contributed by atoms with E-state index in [4.69, 9.17) is 0 Å². The predicted octanol–water partition coefficient (Wildman–Crippen LogP) is 2.65. The van der Waals surface area contributed by atoms with Crippen molar-refractivity contribution in [1.29, 1.82) is 0 Å². The van der Waals surface area contributed by atoms with Gasteiger partial charge in [0.1, 0.15) is 11.5 Å². The van der Waals surface area contributed by atoms with Gasteiger partial charge in [-0.15, -0.1) is 0 Å². The van der Waals surface area contributed by atoms with Gasteiger partial charge in [-0.05, 0) is 18.9 Å². The van der Waals surface area contributed by atoms with Crippen LogP contribution in [0.1, 0.15) is 26.3 Å². The third-order valence-electron chi connectivity index (χ3n) is 4.65. The van der Waals surface area contributed by atoms with E-state index in [1.165, 1.54) is 27.7 Å². The first-order chi connectivity index (χ1) is 14.2. The smallest absolute Gasteiger partial charge is 0.287 e. The van der Waals surface area contributed by atoms with Crippen molar-refractivity contribution in [2.45, 2.75) is 40.4 Å². The quantitative estimate of drug-likeness (QED) is 0.436. The van der Waals surface area contributed by atoms with Crippen molar-refractivity contribution in [3.8, 4) is 11.3 Å². The number of nitro groups is 1. The molecule has 0 amide bonds. The molecule has 0 spiro atoms. The molecular formula is C20H22FN5O4. The lowest BCUT2D eigenvalue weighted by molar-refractivity contribution is -0.386. The number of hydrogen-bond donors (Lipinski definition) is 0. The van der Waals surface area contributed by atoms with E-state index in [1.807, 2.05) is 13.8 Å². The molecule has 0 atom stereocenters. The minimum absolute atomic E-state index is 0.00248. The van der Waals surface area contributed by atoms with Gasteiger partial charge in [0.2, 0.25) is 0 Å². The molecule has 0 saturated heterocycles. The molecule has 0 bridgehead atoms.